The molecule has 34 heavy (non-hydrogen) atoms. The molecule has 2 aliphatic heterocycles. The molecule has 0 aliphatic carbocycles. The Labute approximate surface area is 211 Å². The van der Waals surface area contributed by atoms with Crippen molar-refractivity contribution in [1.29, 1.82) is 0 Å². The monoisotopic (exact) mass is 492 g/mol. The van der Waals surface area contributed by atoms with Crippen LogP contribution >= 0.6 is 23.4 Å². The number of halogens is 1. The average Bonchev–Trinajstić information content (AvgIpc) is 3.07. The molecule has 5 nitrogen and oxygen atoms in total. The summed E-state index contributed by atoms with van der Waals surface area (Å²) in [7, 11) is 0. The van der Waals surface area contributed by atoms with Crippen LogP contribution in [-0.4, -0.2) is 54.8 Å². The lowest BCUT2D eigenvalue weighted by atomic mass is 10.1. The van der Waals surface area contributed by atoms with Crippen molar-refractivity contribution in [3.8, 4) is 0 Å². The Kier molecular flexibility index (Phi) is 8.30. The number of amides is 2. The van der Waals surface area contributed by atoms with Gasteiger partial charge in [0.1, 0.15) is 5.03 Å². The summed E-state index contributed by atoms with van der Waals surface area (Å²) in [5, 5.41) is 1.36. The molecule has 0 aromatic heterocycles. The van der Waals surface area contributed by atoms with Crippen LogP contribution in [-0.2, 0) is 5.75 Å². The van der Waals surface area contributed by atoms with E-state index in [9.17, 15) is 4.79 Å². The molecule has 0 fully saturated rings. The number of benzene rings is 2. The van der Waals surface area contributed by atoms with Crippen molar-refractivity contribution in [3.63, 3.8) is 0 Å². The lowest BCUT2D eigenvalue weighted by Gasteiger charge is -2.38. The van der Waals surface area contributed by atoms with Gasteiger partial charge in [-0.3, -0.25) is 9.80 Å². The fourth-order valence-electron chi connectivity index (χ4n) is 3.98. The zero-order valence-electron chi connectivity index (χ0n) is 19.6. The SMILES string of the molecule is CCN(CC)CCN1C(=O)N(c2ccccc2Cl)CC2=C1C=C=C(SCc1ccccc1)N=C2. The van der Waals surface area contributed by atoms with Crippen LogP contribution in [0.2, 0.25) is 5.02 Å². The molecule has 0 radical (unpaired) electrons. The molecule has 0 saturated heterocycles. The highest BCUT2D eigenvalue weighted by molar-refractivity contribution is 8.02. The van der Waals surface area contributed by atoms with Crippen LogP contribution in [0.3, 0.4) is 0 Å². The van der Waals surface area contributed by atoms with Gasteiger partial charge in [-0.1, -0.05) is 85.4 Å². The molecule has 0 bridgehead atoms. The van der Waals surface area contributed by atoms with Gasteiger partial charge in [0.15, 0.2) is 0 Å². The van der Waals surface area contributed by atoms with E-state index in [0.717, 1.165) is 41.7 Å². The Hall–Kier alpha value is -2.76. The highest BCUT2D eigenvalue weighted by atomic mass is 35.5. The molecule has 176 valence electrons. The molecule has 7 heteroatoms. The van der Waals surface area contributed by atoms with Gasteiger partial charge in [0.05, 0.1) is 23.0 Å². The van der Waals surface area contributed by atoms with Crippen LogP contribution in [0, 0.1) is 0 Å². The lowest BCUT2D eigenvalue weighted by Crippen LogP contribution is -2.50. The zero-order valence-corrected chi connectivity index (χ0v) is 21.1. The van der Waals surface area contributed by atoms with Crippen LogP contribution in [0.25, 0.3) is 0 Å². The fourth-order valence-corrected chi connectivity index (χ4v) is 4.99. The predicted octanol–water partition coefficient (Wildman–Crippen LogP) is 6.19. The maximum atomic E-state index is 13.7. The minimum atomic E-state index is -0.0779. The second kappa shape index (κ2) is 11.6. The minimum Gasteiger partial charge on any atom is -0.302 e. The largest absolute Gasteiger partial charge is 0.329 e. The Morgan fingerprint density at radius 3 is 2.56 bits per heavy atom. The molecule has 0 saturated carbocycles. The third-order valence-electron chi connectivity index (χ3n) is 5.98. The number of anilines is 1. The molecule has 2 aromatic carbocycles. The number of hydrogen-bond donors (Lipinski definition) is 0. The van der Waals surface area contributed by atoms with Gasteiger partial charge in [-0.15, -0.1) is 0 Å². The molecule has 2 amide bonds. The third-order valence-corrected chi connectivity index (χ3v) is 7.27. The van der Waals surface area contributed by atoms with E-state index < -0.39 is 0 Å². The van der Waals surface area contributed by atoms with E-state index in [0.29, 0.717) is 23.8 Å². The molecule has 0 atom stereocenters. The van der Waals surface area contributed by atoms with Crippen LogP contribution in [0.1, 0.15) is 19.4 Å². The molecule has 0 N–H and O–H groups in total. The van der Waals surface area contributed by atoms with E-state index in [2.05, 4.69) is 36.6 Å². The van der Waals surface area contributed by atoms with Gasteiger partial charge in [0, 0.05) is 36.7 Å². The third kappa shape index (κ3) is 5.65. The number of carbonyl (C=O) groups is 1. The smallest absolute Gasteiger partial charge is 0.302 e. The quantitative estimate of drug-likeness (QED) is 0.391. The van der Waals surface area contributed by atoms with Crippen molar-refractivity contribution < 1.29 is 4.79 Å². The summed E-state index contributed by atoms with van der Waals surface area (Å²) in [6, 6.07) is 17.7. The van der Waals surface area contributed by atoms with Crippen molar-refractivity contribution in [2.24, 2.45) is 4.99 Å². The van der Waals surface area contributed by atoms with Gasteiger partial charge < -0.3 is 4.90 Å². The Morgan fingerprint density at radius 1 is 1.09 bits per heavy atom. The molecular formula is C27H29ClN4OS. The topological polar surface area (TPSA) is 39.1 Å². The summed E-state index contributed by atoms with van der Waals surface area (Å²) < 4.78 is 0. The van der Waals surface area contributed by atoms with Crippen LogP contribution in [0.4, 0.5) is 10.5 Å². The summed E-state index contributed by atoms with van der Waals surface area (Å²) in [5.41, 5.74) is 7.11. The first kappa shape index (κ1) is 24.4. The van der Waals surface area contributed by atoms with Crippen LogP contribution in [0.15, 0.2) is 87.7 Å². The first-order chi connectivity index (χ1) is 16.6. The fraction of sp³-hybridized carbons (Fsp3) is 0.296. The normalized spacial score (nSPS) is 15.6. The second-order valence-electron chi connectivity index (χ2n) is 8.04. The molecular weight excluding hydrogens is 464 g/mol. The number of allylic oxidation sites excluding steroid dienone is 1. The van der Waals surface area contributed by atoms with Crippen molar-refractivity contribution in [1.82, 2.24) is 9.80 Å². The minimum absolute atomic E-state index is 0.0779. The van der Waals surface area contributed by atoms with Gasteiger partial charge in [0.25, 0.3) is 0 Å². The summed E-state index contributed by atoms with van der Waals surface area (Å²) in [4.78, 5) is 24.3. The first-order valence-corrected chi connectivity index (χ1v) is 12.9. The van der Waals surface area contributed by atoms with Crippen LogP contribution < -0.4 is 4.90 Å². The Balaban J connectivity index is 1.62. The summed E-state index contributed by atoms with van der Waals surface area (Å²) in [5.74, 6) is 0.815. The summed E-state index contributed by atoms with van der Waals surface area (Å²) >= 11 is 8.11. The van der Waals surface area contributed by atoms with E-state index in [1.165, 1.54) is 5.56 Å². The van der Waals surface area contributed by atoms with Crippen molar-refractivity contribution in [2.75, 3.05) is 37.6 Å². The van der Waals surface area contributed by atoms with Gasteiger partial charge in [-0.25, -0.2) is 9.79 Å². The van der Waals surface area contributed by atoms with Gasteiger partial charge >= 0.3 is 6.03 Å². The first-order valence-electron chi connectivity index (χ1n) is 11.6. The molecule has 2 aliphatic rings. The molecule has 0 spiro atoms. The summed E-state index contributed by atoms with van der Waals surface area (Å²) in [6.07, 6.45) is 3.79. The number of rotatable bonds is 9. The summed E-state index contributed by atoms with van der Waals surface area (Å²) in [6.45, 7) is 7.94. The highest BCUT2D eigenvalue weighted by Gasteiger charge is 2.33. The van der Waals surface area contributed by atoms with E-state index in [4.69, 9.17) is 16.6 Å². The molecule has 2 aromatic rings. The van der Waals surface area contributed by atoms with Gasteiger partial charge in [-0.05, 0) is 30.8 Å². The van der Waals surface area contributed by atoms with Crippen LogP contribution in [0.5, 0.6) is 0 Å². The Bertz CT molecular complexity index is 1150. The van der Waals surface area contributed by atoms with Crippen molar-refractivity contribution >= 4 is 41.3 Å². The lowest BCUT2D eigenvalue weighted by molar-refractivity contribution is 0.205. The molecule has 2 heterocycles. The zero-order chi connectivity index (χ0) is 23.9. The number of carbonyl (C=O) groups excluding carboxylic acids is 1. The van der Waals surface area contributed by atoms with E-state index in [1.807, 2.05) is 59.7 Å². The number of nitrogens with zero attached hydrogens (tertiary/aromatic N) is 4. The maximum Gasteiger partial charge on any atom is 0.329 e. The number of likely N-dealkylation sites (N-methyl/N-ethyl adjacent to an activating group) is 1. The van der Waals surface area contributed by atoms with E-state index in [1.54, 1.807) is 16.7 Å². The number of hydrogen-bond acceptors (Lipinski definition) is 4. The molecule has 0 unspecified atom stereocenters. The number of para-hydroxylation sites is 1. The van der Waals surface area contributed by atoms with Crippen molar-refractivity contribution in [2.45, 2.75) is 19.6 Å². The number of aliphatic imine (C=N–C) groups is 1. The Morgan fingerprint density at radius 2 is 1.82 bits per heavy atom. The predicted molar refractivity (Wildman–Crippen MR) is 144 cm³/mol. The average molecular weight is 493 g/mol. The maximum absolute atomic E-state index is 13.7. The molecule has 4 rings (SSSR count). The van der Waals surface area contributed by atoms with Gasteiger partial charge in [0.2, 0.25) is 0 Å². The van der Waals surface area contributed by atoms with E-state index in [-0.39, 0.29) is 6.03 Å². The van der Waals surface area contributed by atoms with E-state index >= 15 is 0 Å². The second-order valence-corrected chi connectivity index (χ2v) is 9.41. The van der Waals surface area contributed by atoms with Gasteiger partial charge in [-0.2, -0.15) is 0 Å². The number of thioether (sulfide) groups is 1. The standard InChI is InChI=1S/C27H29ClN4OS/c1-3-30(4-2)16-17-31-24-14-15-26(34-20-21-10-6-5-7-11-21)29-18-22(24)19-32(27(31)33)25-13-9-8-12-23(25)28/h5-14,18H,3-4,16-17,19-20H2,1-2H3. The highest BCUT2D eigenvalue weighted by Crippen LogP contribution is 2.32. The van der Waals surface area contributed by atoms with Crippen molar-refractivity contribution in [3.05, 3.63) is 93.3 Å². The number of urea groups is 1.